The van der Waals surface area contributed by atoms with Crippen LogP contribution in [0.3, 0.4) is 0 Å². The van der Waals surface area contributed by atoms with Crippen molar-refractivity contribution in [1.29, 1.82) is 0 Å². The molecule has 0 aliphatic heterocycles. The summed E-state index contributed by atoms with van der Waals surface area (Å²) in [5.41, 5.74) is 1.67. The molecule has 20 heavy (non-hydrogen) atoms. The molecule has 0 unspecified atom stereocenters. The highest BCUT2D eigenvalue weighted by Crippen LogP contribution is 2.30. The summed E-state index contributed by atoms with van der Waals surface area (Å²) < 4.78 is 0. The molecular weight excluding hydrogens is 248 g/mol. The molecule has 3 heteroatoms. The van der Waals surface area contributed by atoms with Gasteiger partial charge in [-0.2, -0.15) is 0 Å². The number of rotatable bonds is 5. The van der Waals surface area contributed by atoms with Gasteiger partial charge in [0.2, 0.25) is 0 Å². The van der Waals surface area contributed by atoms with Gasteiger partial charge in [-0.3, -0.25) is 9.78 Å². The first-order valence-corrected chi connectivity index (χ1v) is 7.42. The maximum Gasteiger partial charge on any atom is 0.254 e. The standard InChI is InChI=1S/C17H20N2O/c1-2-11-19(12-13-8-9-13)17(20)15-5-3-7-16-14(15)6-4-10-18-16/h3-7,10,13H,2,8-9,11-12H2,1H3. The summed E-state index contributed by atoms with van der Waals surface area (Å²) in [5.74, 6) is 0.871. The molecular formula is C17H20N2O. The van der Waals surface area contributed by atoms with Gasteiger partial charge in [0.1, 0.15) is 0 Å². The van der Waals surface area contributed by atoms with Crippen LogP contribution in [0.5, 0.6) is 0 Å². The number of hydrogen-bond donors (Lipinski definition) is 0. The van der Waals surface area contributed by atoms with E-state index in [9.17, 15) is 4.79 Å². The van der Waals surface area contributed by atoms with E-state index in [1.54, 1.807) is 6.20 Å². The van der Waals surface area contributed by atoms with E-state index in [2.05, 4.69) is 11.9 Å². The van der Waals surface area contributed by atoms with Gasteiger partial charge >= 0.3 is 0 Å². The predicted molar refractivity (Wildman–Crippen MR) is 80.7 cm³/mol. The largest absolute Gasteiger partial charge is 0.338 e. The summed E-state index contributed by atoms with van der Waals surface area (Å²) in [6, 6.07) is 9.67. The van der Waals surface area contributed by atoms with Crippen LogP contribution in [0.15, 0.2) is 36.5 Å². The number of aromatic nitrogens is 1. The monoisotopic (exact) mass is 268 g/mol. The fraction of sp³-hybridized carbons (Fsp3) is 0.412. The minimum Gasteiger partial charge on any atom is -0.338 e. The molecule has 3 nitrogen and oxygen atoms in total. The molecule has 1 aliphatic rings. The van der Waals surface area contributed by atoms with Crippen LogP contribution >= 0.6 is 0 Å². The van der Waals surface area contributed by atoms with E-state index in [0.29, 0.717) is 0 Å². The molecule has 1 aliphatic carbocycles. The summed E-state index contributed by atoms with van der Waals surface area (Å²) >= 11 is 0. The van der Waals surface area contributed by atoms with Gasteiger partial charge in [-0.05, 0) is 43.4 Å². The third-order valence-corrected chi connectivity index (χ3v) is 3.83. The zero-order valence-corrected chi connectivity index (χ0v) is 11.9. The summed E-state index contributed by atoms with van der Waals surface area (Å²) in [6.45, 7) is 3.87. The molecule has 104 valence electrons. The lowest BCUT2D eigenvalue weighted by atomic mass is 10.1. The van der Waals surface area contributed by atoms with Crippen LogP contribution in [-0.2, 0) is 0 Å². The van der Waals surface area contributed by atoms with Crippen LogP contribution in [0.2, 0.25) is 0 Å². The van der Waals surface area contributed by atoms with Crippen LogP contribution < -0.4 is 0 Å². The highest BCUT2D eigenvalue weighted by Gasteiger charge is 2.27. The average Bonchev–Trinajstić information content (AvgIpc) is 3.29. The van der Waals surface area contributed by atoms with Gasteiger partial charge in [0.15, 0.2) is 0 Å². The Morgan fingerprint density at radius 3 is 2.90 bits per heavy atom. The molecule has 1 heterocycles. The van der Waals surface area contributed by atoms with Crippen molar-refractivity contribution in [1.82, 2.24) is 9.88 Å². The highest BCUT2D eigenvalue weighted by atomic mass is 16.2. The second-order valence-corrected chi connectivity index (χ2v) is 5.57. The number of nitrogens with zero attached hydrogens (tertiary/aromatic N) is 2. The molecule has 1 aromatic carbocycles. The van der Waals surface area contributed by atoms with Crippen LogP contribution in [0.1, 0.15) is 36.5 Å². The number of benzene rings is 1. The SMILES string of the molecule is CCCN(CC1CC1)C(=O)c1cccc2ncccc12. The first kappa shape index (κ1) is 13.1. The Labute approximate surface area is 119 Å². The van der Waals surface area contributed by atoms with E-state index in [0.717, 1.165) is 41.9 Å². The van der Waals surface area contributed by atoms with Gasteiger partial charge in [0.05, 0.1) is 5.52 Å². The lowest BCUT2D eigenvalue weighted by Crippen LogP contribution is -2.33. The van der Waals surface area contributed by atoms with Gasteiger partial charge < -0.3 is 4.90 Å². The van der Waals surface area contributed by atoms with Crippen molar-refractivity contribution < 1.29 is 4.79 Å². The van der Waals surface area contributed by atoms with Crippen molar-refractivity contribution in [2.45, 2.75) is 26.2 Å². The van der Waals surface area contributed by atoms with E-state index in [1.165, 1.54) is 12.8 Å². The molecule has 1 fully saturated rings. The Bertz CT molecular complexity index is 614. The van der Waals surface area contributed by atoms with Gasteiger partial charge in [-0.25, -0.2) is 0 Å². The molecule has 3 rings (SSSR count). The molecule has 1 amide bonds. The average molecular weight is 268 g/mol. The van der Waals surface area contributed by atoms with Crippen molar-refractivity contribution in [3.05, 3.63) is 42.1 Å². The maximum absolute atomic E-state index is 12.8. The Balaban J connectivity index is 1.93. The third kappa shape index (κ3) is 2.67. The fourth-order valence-corrected chi connectivity index (χ4v) is 2.62. The Morgan fingerprint density at radius 1 is 1.30 bits per heavy atom. The number of carbonyl (C=O) groups is 1. The first-order chi connectivity index (χ1) is 9.79. The molecule has 0 bridgehead atoms. The van der Waals surface area contributed by atoms with Crippen molar-refractivity contribution in [3.8, 4) is 0 Å². The maximum atomic E-state index is 12.8. The third-order valence-electron chi connectivity index (χ3n) is 3.83. The number of hydrogen-bond acceptors (Lipinski definition) is 2. The molecule has 1 aromatic heterocycles. The Kier molecular flexibility index (Phi) is 3.68. The molecule has 0 saturated heterocycles. The Hall–Kier alpha value is -1.90. The zero-order valence-electron chi connectivity index (χ0n) is 11.9. The first-order valence-electron chi connectivity index (χ1n) is 7.42. The normalized spacial score (nSPS) is 14.4. The van der Waals surface area contributed by atoms with Crippen molar-refractivity contribution in [3.63, 3.8) is 0 Å². The quantitative estimate of drug-likeness (QED) is 0.831. The van der Waals surface area contributed by atoms with E-state index in [1.807, 2.05) is 35.2 Å². The number of fused-ring (bicyclic) bond motifs is 1. The summed E-state index contributed by atoms with van der Waals surface area (Å²) in [5, 5.41) is 0.955. The van der Waals surface area contributed by atoms with Gasteiger partial charge in [0.25, 0.3) is 5.91 Å². The highest BCUT2D eigenvalue weighted by molar-refractivity contribution is 6.06. The van der Waals surface area contributed by atoms with E-state index < -0.39 is 0 Å². The molecule has 0 spiro atoms. The minimum absolute atomic E-state index is 0.150. The minimum atomic E-state index is 0.150. The Morgan fingerprint density at radius 2 is 2.15 bits per heavy atom. The predicted octanol–water partition coefficient (Wildman–Crippen LogP) is 3.50. The summed E-state index contributed by atoms with van der Waals surface area (Å²) in [4.78, 5) is 19.2. The van der Waals surface area contributed by atoms with Crippen LogP contribution in [0, 0.1) is 5.92 Å². The lowest BCUT2D eigenvalue weighted by Gasteiger charge is -2.22. The zero-order chi connectivity index (χ0) is 13.9. The van der Waals surface area contributed by atoms with Gasteiger partial charge in [-0.1, -0.05) is 19.1 Å². The van der Waals surface area contributed by atoms with E-state index in [-0.39, 0.29) is 5.91 Å². The number of amides is 1. The molecule has 0 N–H and O–H groups in total. The number of carbonyl (C=O) groups excluding carboxylic acids is 1. The van der Waals surface area contributed by atoms with Gasteiger partial charge in [-0.15, -0.1) is 0 Å². The molecule has 1 saturated carbocycles. The molecule has 0 atom stereocenters. The van der Waals surface area contributed by atoms with Crippen molar-refractivity contribution >= 4 is 16.8 Å². The fourth-order valence-electron chi connectivity index (χ4n) is 2.62. The topological polar surface area (TPSA) is 33.2 Å². The van der Waals surface area contributed by atoms with E-state index >= 15 is 0 Å². The van der Waals surface area contributed by atoms with Crippen molar-refractivity contribution in [2.24, 2.45) is 5.92 Å². The van der Waals surface area contributed by atoms with Gasteiger partial charge in [0, 0.05) is 30.2 Å². The summed E-state index contributed by atoms with van der Waals surface area (Å²) in [7, 11) is 0. The smallest absolute Gasteiger partial charge is 0.254 e. The lowest BCUT2D eigenvalue weighted by molar-refractivity contribution is 0.0749. The number of pyridine rings is 1. The van der Waals surface area contributed by atoms with Crippen LogP contribution in [-0.4, -0.2) is 28.9 Å². The second kappa shape index (κ2) is 5.61. The second-order valence-electron chi connectivity index (χ2n) is 5.57. The molecule has 2 aromatic rings. The van der Waals surface area contributed by atoms with Crippen LogP contribution in [0.25, 0.3) is 10.9 Å². The van der Waals surface area contributed by atoms with E-state index in [4.69, 9.17) is 0 Å². The summed E-state index contributed by atoms with van der Waals surface area (Å²) in [6.07, 6.45) is 5.31. The molecule has 0 radical (unpaired) electrons. The van der Waals surface area contributed by atoms with Crippen LogP contribution in [0.4, 0.5) is 0 Å². The van der Waals surface area contributed by atoms with Crippen molar-refractivity contribution in [2.75, 3.05) is 13.1 Å².